The van der Waals surface area contributed by atoms with Gasteiger partial charge in [0.1, 0.15) is 5.25 Å². The molecule has 0 saturated heterocycles. The molecule has 0 amide bonds. The molecule has 2 rings (SSSR count). The van der Waals surface area contributed by atoms with Crippen LogP contribution in [-0.2, 0) is 11.3 Å². The van der Waals surface area contributed by atoms with Crippen molar-refractivity contribution in [2.45, 2.75) is 25.6 Å². The fraction of sp³-hybridized carbons (Fsp3) is 0.462. The molecule has 2 heterocycles. The quantitative estimate of drug-likeness (QED) is 0.870. The zero-order chi connectivity index (χ0) is 14.7. The maximum Gasteiger partial charge on any atom is 0.350 e. The summed E-state index contributed by atoms with van der Waals surface area (Å²) in [4.78, 5) is 23.1. The lowest BCUT2D eigenvalue weighted by Gasteiger charge is -2.15. The van der Waals surface area contributed by atoms with Crippen molar-refractivity contribution in [1.29, 1.82) is 0 Å². The molecule has 0 fully saturated rings. The third-order valence-electron chi connectivity index (χ3n) is 2.94. The lowest BCUT2D eigenvalue weighted by Crippen LogP contribution is -2.26. The van der Waals surface area contributed by atoms with Crippen molar-refractivity contribution in [2.24, 2.45) is 5.92 Å². The van der Waals surface area contributed by atoms with Crippen LogP contribution in [0.15, 0.2) is 29.2 Å². The van der Waals surface area contributed by atoms with E-state index in [-0.39, 0.29) is 11.6 Å². The lowest BCUT2D eigenvalue weighted by molar-refractivity contribution is -0.137. The second-order valence-electron chi connectivity index (χ2n) is 4.81. The molecule has 0 radical (unpaired) electrons. The topological polar surface area (TPSA) is 76.6 Å². The average molecular weight is 295 g/mol. The zero-order valence-corrected chi connectivity index (χ0v) is 12.2. The minimum Gasteiger partial charge on any atom is -0.480 e. The van der Waals surface area contributed by atoms with Crippen LogP contribution in [0.25, 0.3) is 5.65 Å². The number of aryl methyl sites for hydroxylation is 1. The van der Waals surface area contributed by atoms with Gasteiger partial charge in [0.25, 0.3) is 0 Å². The van der Waals surface area contributed by atoms with Crippen LogP contribution in [0.5, 0.6) is 0 Å². The van der Waals surface area contributed by atoms with Crippen molar-refractivity contribution in [3.63, 3.8) is 0 Å². The molecule has 0 saturated carbocycles. The number of thioether (sulfide) groups is 1. The summed E-state index contributed by atoms with van der Waals surface area (Å²) in [6, 6.07) is 5.35. The SMILES string of the molecule is CC(C)C(SCCn1nc2ccccn2c1=O)C(=O)O. The number of aromatic nitrogens is 3. The van der Waals surface area contributed by atoms with Gasteiger partial charge >= 0.3 is 11.7 Å². The van der Waals surface area contributed by atoms with Gasteiger partial charge < -0.3 is 5.11 Å². The summed E-state index contributed by atoms with van der Waals surface area (Å²) < 4.78 is 2.85. The van der Waals surface area contributed by atoms with E-state index in [1.807, 2.05) is 19.9 Å². The fourth-order valence-corrected chi connectivity index (χ4v) is 2.99. The highest BCUT2D eigenvalue weighted by Gasteiger charge is 2.21. The van der Waals surface area contributed by atoms with Gasteiger partial charge in [0, 0.05) is 11.9 Å². The molecule has 1 N–H and O–H groups in total. The van der Waals surface area contributed by atoms with Crippen LogP contribution in [0, 0.1) is 5.92 Å². The third-order valence-corrected chi connectivity index (χ3v) is 4.46. The molecular weight excluding hydrogens is 278 g/mol. The molecule has 0 bridgehead atoms. The molecule has 108 valence electrons. The second-order valence-corrected chi connectivity index (χ2v) is 6.06. The summed E-state index contributed by atoms with van der Waals surface area (Å²) in [5, 5.41) is 12.9. The number of carbonyl (C=O) groups is 1. The summed E-state index contributed by atoms with van der Waals surface area (Å²) in [7, 11) is 0. The van der Waals surface area contributed by atoms with E-state index in [0.29, 0.717) is 17.9 Å². The van der Waals surface area contributed by atoms with E-state index in [2.05, 4.69) is 5.10 Å². The van der Waals surface area contributed by atoms with Gasteiger partial charge in [-0.15, -0.1) is 16.9 Å². The number of fused-ring (bicyclic) bond motifs is 1. The number of hydrogen-bond donors (Lipinski definition) is 1. The molecule has 0 aromatic carbocycles. The van der Waals surface area contributed by atoms with Gasteiger partial charge in [-0.05, 0) is 18.1 Å². The first kappa shape index (κ1) is 14.6. The number of hydrogen-bond acceptors (Lipinski definition) is 4. The number of pyridine rings is 1. The fourth-order valence-electron chi connectivity index (χ4n) is 1.93. The average Bonchev–Trinajstić information content (AvgIpc) is 2.71. The molecule has 0 aliphatic carbocycles. The van der Waals surface area contributed by atoms with Crippen molar-refractivity contribution in [1.82, 2.24) is 14.2 Å². The van der Waals surface area contributed by atoms with Crippen LogP contribution in [0.4, 0.5) is 0 Å². The maximum atomic E-state index is 12.0. The van der Waals surface area contributed by atoms with Crippen LogP contribution < -0.4 is 5.69 Å². The van der Waals surface area contributed by atoms with Gasteiger partial charge in [0.2, 0.25) is 0 Å². The highest BCUT2D eigenvalue weighted by molar-refractivity contribution is 8.00. The van der Waals surface area contributed by atoms with Crippen LogP contribution in [0.1, 0.15) is 13.8 Å². The number of aliphatic carboxylic acids is 1. The van der Waals surface area contributed by atoms with Crippen LogP contribution in [0.3, 0.4) is 0 Å². The molecule has 1 unspecified atom stereocenters. The molecule has 6 nitrogen and oxygen atoms in total. The Kier molecular flexibility index (Phi) is 4.49. The Balaban J connectivity index is 2.05. The Morgan fingerprint density at radius 2 is 2.20 bits per heavy atom. The Bertz CT molecular complexity index is 662. The van der Waals surface area contributed by atoms with E-state index in [0.717, 1.165) is 0 Å². The molecule has 0 aliphatic rings. The van der Waals surface area contributed by atoms with Crippen LogP contribution in [0.2, 0.25) is 0 Å². The first-order chi connectivity index (χ1) is 9.50. The first-order valence-corrected chi connectivity index (χ1v) is 7.44. The monoisotopic (exact) mass is 295 g/mol. The molecule has 20 heavy (non-hydrogen) atoms. The van der Waals surface area contributed by atoms with Crippen molar-refractivity contribution in [3.8, 4) is 0 Å². The molecule has 1 atom stereocenters. The predicted octanol–water partition coefficient (Wildman–Crippen LogP) is 1.34. The van der Waals surface area contributed by atoms with Crippen LogP contribution in [-0.4, -0.2) is 36.3 Å². The number of nitrogens with zero attached hydrogens (tertiary/aromatic N) is 3. The maximum absolute atomic E-state index is 12.0. The second kappa shape index (κ2) is 6.13. The summed E-state index contributed by atoms with van der Waals surface area (Å²) in [6.07, 6.45) is 1.67. The summed E-state index contributed by atoms with van der Waals surface area (Å²) in [6.45, 7) is 4.16. The van der Waals surface area contributed by atoms with Gasteiger partial charge in [-0.2, -0.15) is 0 Å². The number of rotatable bonds is 6. The van der Waals surface area contributed by atoms with Crippen LogP contribution >= 0.6 is 11.8 Å². The molecule has 0 aliphatic heterocycles. The third kappa shape index (κ3) is 3.04. The predicted molar refractivity (Wildman–Crippen MR) is 78.2 cm³/mol. The van der Waals surface area contributed by atoms with Gasteiger partial charge in [0.05, 0.1) is 6.54 Å². The zero-order valence-electron chi connectivity index (χ0n) is 11.4. The van der Waals surface area contributed by atoms with Crippen molar-refractivity contribution < 1.29 is 9.90 Å². The van der Waals surface area contributed by atoms with Crippen molar-refractivity contribution >= 4 is 23.4 Å². The number of carboxylic acids is 1. The van der Waals surface area contributed by atoms with E-state index >= 15 is 0 Å². The smallest absolute Gasteiger partial charge is 0.350 e. The highest BCUT2D eigenvalue weighted by atomic mass is 32.2. The normalized spacial score (nSPS) is 12.9. The molecule has 2 aromatic rings. The van der Waals surface area contributed by atoms with Gasteiger partial charge in [-0.1, -0.05) is 19.9 Å². The first-order valence-electron chi connectivity index (χ1n) is 6.39. The van der Waals surface area contributed by atoms with Gasteiger partial charge in [-0.25, -0.2) is 9.48 Å². The Hall–Kier alpha value is -1.76. The summed E-state index contributed by atoms with van der Waals surface area (Å²) >= 11 is 1.34. The highest BCUT2D eigenvalue weighted by Crippen LogP contribution is 2.19. The summed E-state index contributed by atoms with van der Waals surface area (Å²) in [5.41, 5.74) is 0.402. The Morgan fingerprint density at radius 1 is 1.45 bits per heavy atom. The van der Waals surface area contributed by atoms with Crippen molar-refractivity contribution in [2.75, 3.05) is 5.75 Å². The standard InChI is InChI=1S/C13H17N3O3S/c1-9(2)11(12(17)18)20-8-7-16-13(19)15-6-4-3-5-10(15)14-16/h3-6,9,11H,7-8H2,1-2H3,(H,17,18). The molecule has 0 spiro atoms. The van der Waals surface area contributed by atoms with E-state index in [1.54, 1.807) is 18.3 Å². The molecule has 7 heteroatoms. The Labute approximate surface area is 120 Å². The van der Waals surface area contributed by atoms with E-state index in [4.69, 9.17) is 5.11 Å². The largest absolute Gasteiger partial charge is 0.480 e. The van der Waals surface area contributed by atoms with Gasteiger partial charge in [0.15, 0.2) is 5.65 Å². The molecule has 2 aromatic heterocycles. The molecular formula is C13H17N3O3S. The van der Waals surface area contributed by atoms with E-state index < -0.39 is 11.2 Å². The minimum absolute atomic E-state index is 0.0512. The summed E-state index contributed by atoms with van der Waals surface area (Å²) in [5.74, 6) is -0.221. The van der Waals surface area contributed by atoms with Crippen molar-refractivity contribution in [3.05, 3.63) is 34.9 Å². The lowest BCUT2D eigenvalue weighted by atomic mass is 10.1. The van der Waals surface area contributed by atoms with E-state index in [1.165, 1.54) is 20.8 Å². The minimum atomic E-state index is -0.813. The number of carboxylic acid groups (broad SMARTS) is 1. The Morgan fingerprint density at radius 3 is 2.80 bits per heavy atom. The van der Waals surface area contributed by atoms with E-state index in [9.17, 15) is 9.59 Å². The van der Waals surface area contributed by atoms with Gasteiger partial charge in [-0.3, -0.25) is 9.20 Å².